The average molecular weight is 326 g/mol. The van der Waals surface area contributed by atoms with E-state index in [-0.39, 0.29) is 11.8 Å². The Morgan fingerprint density at radius 2 is 1.74 bits per heavy atom. The van der Waals surface area contributed by atoms with Crippen LogP contribution in [0, 0.1) is 13.8 Å². The number of aryl methyl sites for hydroxylation is 2. The van der Waals surface area contributed by atoms with Crippen LogP contribution in [0.1, 0.15) is 46.9 Å². The molecule has 0 saturated heterocycles. The minimum Gasteiger partial charge on any atom is -0.356 e. The van der Waals surface area contributed by atoms with Crippen LogP contribution in [0.15, 0.2) is 42.5 Å². The Bertz CT molecular complexity index is 723. The molecule has 0 unspecified atom stereocenters. The highest BCUT2D eigenvalue weighted by Gasteiger charge is 2.10. The van der Waals surface area contributed by atoms with E-state index < -0.39 is 0 Å². The summed E-state index contributed by atoms with van der Waals surface area (Å²) < 4.78 is 0. The first-order valence-electron chi connectivity index (χ1n) is 7.62. The molecule has 2 aromatic rings. The van der Waals surface area contributed by atoms with Crippen molar-refractivity contribution in [3.63, 3.8) is 0 Å². The van der Waals surface area contributed by atoms with E-state index in [2.05, 4.69) is 49.6 Å². The Kier molecular flexibility index (Phi) is 5.50. The quantitative estimate of drug-likeness (QED) is 0.639. The summed E-state index contributed by atoms with van der Waals surface area (Å²) in [5.41, 5.74) is 5.27. The third-order valence-electron chi connectivity index (χ3n) is 3.80. The maximum absolute atomic E-state index is 11.3. The van der Waals surface area contributed by atoms with Gasteiger partial charge in [0.2, 0.25) is 0 Å². The Morgan fingerprint density at radius 1 is 1.09 bits per heavy atom. The van der Waals surface area contributed by atoms with E-state index in [0.717, 1.165) is 5.69 Å². The summed E-state index contributed by atoms with van der Waals surface area (Å²) in [6, 6.07) is 13.8. The highest BCUT2D eigenvalue weighted by Crippen LogP contribution is 2.19. The molecule has 0 radical (unpaired) electrons. The standard InChI is InChI=1S/C19H22N2OS/c1-12-5-6-13(2)18(11-12)14(3)20-19(23)21-17-9-7-16(8-10-17)15(4)22/h5-11,14H,1-4H3,(H2,20,21,23)/t14-/m1/s1. The van der Waals surface area contributed by atoms with Crippen molar-refractivity contribution in [3.8, 4) is 0 Å². The van der Waals surface area contributed by atoms with E-state index in [1.54, 1.807) is 19.1 Å². The molecule has 23 heavy (non-hydrogen) atoms. The van der Waals surface area contributed by atoms with Gasteiger partial charge in [0.15, 0.2) is 10.9 Å². The fourth-order valence-corrected chi connectivity index (χ4v) is 2.75. The lowest BCUT2D eigenvalue weighted by Crippen LogP contribution is -2.31. The van der Waals surface area contributed by atoms with Crippen molar-refractivity contribution in [1.29, 1.82) is 0 Å². The smallest absolute Gasteiger partial charge is 0.171 e. The molecule has 0 aliphatic rings. The maximum Gasteiger partial charge on any atom is 0.171 e. The first-order chi connectivity index (χ1) is 10.9. The molecule has 0 bridgehead atoms. The summed E-state index contributed by atoms with van der Waals surface area (Å²) in [7, 11) is 0. The number of ketones is 1. The van der Waals surface area contributed by atoms with Crippen LogP contribution in [0.2, 0.25) is 0 Å². The van der Waals surface area contributed by atoms with Crippen molar-refractivity contribution in [2.75, 3.05) is 5.32 Å². The number of thiocarbonyl (C=S) groups is 1. The van der Waals surface area contributed by atoms with Crippen LogP contribution >= 0.6 is 12.2 Å². The first-order valence-corrected chi connectivity index (χ1v) is 8.03. The Balaban J connectivity index is 2.01. The molecule has 3 nitrogen and oxygen atoms in total. The molecule has 0 aliphatic carbocycles. The molecule has 120 valence electrons. The molecular weight excluding hydrogens is 304 g/mol. The van der Waals surface area contributed by atoms with Crippen LogP contribution in [0.5, 0.6) is 0 Å². The van der Waals surface area contributed by atoms with Gasteiger partial charge in [-0.15, -0.1) is 0 Å². The van der Waals surface area contributed by atoms with Gasteiger partial charge in [0.05, 0.1) is 6.04 Å². The van der Waals surface area contributed by atoms with Crippen LogP contribution in [0.3, 0.4) is 0 Å². The van der Waals surface area contributed by atoms with Gasteiger partial charge in [-0.25, -0.2) is 0 Å². The SMILES string of the molecule is CC(=O)c1ccc(NC(=S)N[C@H](C)c2cc(C)ccc2C)cc1. The van der Waals surface area contributed by atoms with Gasteiger partial charge in [0, 0.05) is 11.3 Å². The zero-order valence-electron chi connectivity index (χ0n) is 13.9. The normalized spacial score (nSPS) is 11.7. The van der Waals surface area contributed by atoms with Crippen molar-refractivity contribution in [3.05, 3.63) is 64.7 Å². The molecule has 0 heterocycles. The van der Waals surface area contributed by atoms with E-state index >= 15 is 0 Å². The molecule has 0 fully saturated rings. The van der Waals surface area contributed by atoms with Gasteiger partial charge < -0.3 is 10.6 Å². The lowest BCUT2D eigenvalue weighted by molar-refractivity contribution is 0.101. The second-order valence-electron chi connectivity index (χ2n) is 5.81. The highest BCUT2D eigenvalue weighted by atomic mass is 32.1. The summed E-state index contributed by atoms with van der Waals surface area (Å²) >= 11 is 5.38. The molecule has 4 heteroatoms. The zero-order chi connectivity index (χ0) is 17.0. The topological polar surface area (TPSA) is 41.1 Å². The molecule has 0 amide bonds. The number of benzene rings is 2. The molecule has 0 aromatic heterocycles. The van der Waals surface area contributed by atoms with Crippen LogP contribution < -0.4 is 10.6 Å². The predicted molar refractivity (Wildman–Crippen MR) is 100 cm³/mol. The number of anilines is 1. The van der Waals surface area contributed by atoms with Gasteiger partial charge in [-0.05, 0) is 75.3 Å². The fourth-order valence-electron chi connectivity index (χ4n) is 2.46. The van der Waals surface area contributed by atoms with Crippen molar-refractivity contribution in [2.24, 2.45) is 0 Å². The third kappa shape index (κ3) is 4.63. The minimum absolute atomic E-state index is 0.0563. The van der Waals surface area contributed by atoms with Crippen molar-refractivity contribution < 1.29 is 4.79 Å². The van der Waals surface area contributed by atoms with E-state index in [1.807, 2.05) is 12.1 Å². The lowest BCUT2D eigenvalue weighted by Gasteiger charge is -2.19. The van der Waals surface area contributed by atoms with E-state index in [0.29, 0.717) is 10.7 Å². The number of carbonyl (C=O) groups excluding carboxylic acids is 1. The Labute approximate surface area is 143 Å². The zero-order valence-corrected chi connectivity index (χ0v) is 14.8. The molecule has 2 rings (SSSR count). The molecule has 2 aromatic carbocycles. The van der Waals surface area contributed by atoms with Crippen molar-refractivity contribution in [1.82, 2.24) is 5.32 Å². The van der Waals surface area contributed by atoms with E-state index in [9.17, 15) is 4.79 Å². The summed E-state index contributed by atoms with van der Waals surface area (Å²) in [4.78, 5) is 11.3. The van der Waals surface area contributed by atoms with Crippen LogP contribution in [0.25, 0.3) is 0 Å². The minimum atomic E-state index is 0.0563. The lowest BCUT2D eigenvalue weighted by atomic mass is 10.0. The number of Topliss-reactive ketones (excluding diaryl/α,β-unsaturated/α-hetero) is 1. The highest BCUT2D eigenvalue weighted by molar-refractivity contribution is 7.80. The third-order valence-corrected chi connectivity index (χ3v) is 4.02. The van der Waals surface area contributed by atoms with Gasteiger partial charge in [0.1, 0.15) is 0 Å². The number of hydrogen-bond acceptors (Lipinski definition) is 2. The summed E-state index contributed by atoms with van der Waals surface area (Å²) in [6.45, 7) is 7.84. The van der Waals surface area contributed by atoms with E-state index in [4.69, 9.17) is 12.2 Å². The van der Waals surface area contributed by atoms with Crippen molar-refractivity contribution in [2.45, 2.75) is 33.7 Å². The summed E-state index contributed by atoms with van der Waals surface area (Å²) in [5.74, 6) is 0.0563. The summed E-state index contributed by atoms with van der Waals surface area (Å²) in [5, 5.41) is 7.02. The second-order valence-corrected chi connectivity index (χ2v) is 6.22. The van der Waals surface area contributed by atoms with Crippen molar-refractivity contribution >= 4 is 28.8 Å². The molecule has 0 aliphatic heterocycles. The molecule has 0 spiro atoms. The number of carbonyl (C=O) groups is 1. The Morgan fingerprint density at radius 3 is 2.35 bits per heavy atom. The average Bonchev–Trinajstić information content (AvgIpc) is 2.50. The number of hydrogen-bond donors (Lipinski definition) is 2. The predicted octanol–water partition coefficient (Wildman–Crippen LogP) is 4.55. The van der Waals surface area contributed by atoms with Gasteiger partial charge in [-0.1, -0.05) is 23.8 Å². The van der Waals surface area contributed by atoms with E-state index in [1.165, 1.54) is 16.7 Å². The number of nitrogens with one attached hydrogen (secondary N) is 2. The van der Waals surface area contributed by atoms with Crippen LogP contribution in [0.4, 0.5) is 5.69 Å². The largest absolute Gasteiger partial charge is 0.356 e. The Hall–Kier alpha value is -2.20. The molecule has 2 N–H and O–H groups in total. The van der Waals surface area contributed by atoms with Crippen LogP contribution in [-0.4, -0.2) is 10.9 Å². The number of rotatable bonds is 4. The monoisotopic (exact) mass is 326 g/mol. The van der Waals surface area contributed by atoms with Gasteiger partial charge in [-0.2, -0.15) is 0 Å². The molecule has 0 saturated carbocycles. The van der Waals surface area contributed by atoms with Crippen LogP contribution in [-0.2, 0) is 0 Å². The van der Waals surface area contributed by atoms with Gasteiger partial charge >= 0.3 is 0 Å². The first kappa shape index (κ1) is 17.2. The summed E-state index contributed by atoms with van der Waals surface area (Å²) in [6.07, 6.45) is 0. The second kappa shape index (κ2) is 7.38. The maximum atomic E-state index is 11.3. The molecular formula is C19H22N2OS. The molecule has 1 atom stereocenters. The fraction of sp³-hybridized carbons (Fsp3) is 0.263. The van der Waals surface area contributed by atoms with Gasteiger partial charge in [0.25, 0.3) is 0 Å². The van der Waals surface area contributed by atoms with Gasteiger partial charge in [-0.3, -0.25) is 4.79 Å².